The highest BCUT2D eigenvalue weighted by molar-refractivity contribution is 5.94. The fourth-order valence-electron chi connectivity index (χ4n) is 3.12. The summed E-state index contributed by atoms with van der Waals surface area (Å²) in [5.74, 6) is -0.396. The van der Waals surface area contributed by atoms with Gasteiger partial charge in [-0.1, -0.05) is 24.3 Å². The van der Waals surface area contributed by atoms with E-state index in [0.29, 0.717) is 31.9 Å². The van der Waals surface area contributed by atoms with Crippen molar-refractivity contribution in [2.24, 2.45) is 5.73 Å². The minimum Gasteiger partial charge on any atom is -0.379 e. The Kier molecular flexibility index (Phi) is 8.19. The van der Waals surface area contributed by atoms with Crippen LogP contribution in [0.4, 0.5) is 4.39 Å². The summed E-state index contributed by atoms with van der Waals surface area (Å²) in [4.78, 5) is 14.7. The lowest BCUT2D eigenvalue weighted by molar-refractivity contribution is 0.0162. The van der Waals surface area contributed by atoms with Gasteiger partial charge in [-0.25, -0.2) is 4.39 Å². The molecule has 5 nitrogen and oxygen atoms in total. The number of ether oxygens (including phenoxy) is 1. The normalized spacial score (nSPS) is 15.6. The lowest BCUT2D eigenvalue weighted by Crippen LogP contribution is -2.43. The van der Waals surface area contributed by atoms with Crippen molar-refractivity contribution in [1.82, 2.24) is 10.2 Å². The number of hydrogen-bond acceptors (Lipinski definition) is 4. The maximum atomic E-state index is 13.3. The van der Waals surface area contributed by atoms with Crippen LogP contribution in [-0.4, -0.2) is 43.7 Å². The SMILES string of the molecule is Cl.NCc1ccc(C(=O)NCC(c2ccc(F)cc2)N2CCOCC2)cc1. The van der Waals surface area contributed by atoms with Crippen LogP contribution in [0.25, 0.3) is 0 Å². The molecule has 1 saturated heterocycles. The molecule has 1 aliphatic heterocycles. The Bertz CT molecular complexity index is 719. The van der Waals surface area contributed by atoms with Gasteiger partial charge >= 0.3 is 0 Å². The van der Waals surface area contributed by atoms with Gasteiger partial charge in [0.05, 0.1) is 19.3 Å². The Hall–Kier alpha value is -1.99. The van der Waals surface area contributed by atoms with Crippen molar-refractivity contribution in [1.29, 1.82) is 0 Å². The van der Waals surface area contributed by atoms with Gasteiger partial charge in [0.2, 0.25) is 0 Å². The fraction of sp³-hybridized carbons (Fsp3) is 0.350. The minimum atomic E-state index is -0.265. The molecule has 2 aromatic rings. The number of benzene rings is 2. The minimum absolute atomic E-state index is 0. The first-order chi connectivity index (χ1) is 12.7. The average Bonchev–Trinajstić information content (AvgIpc) is 2.70. The molecule has 7 heteroatoms. The second kappa shape index (κ2) is 10.4. The molecule has 0 saturated carbocycles. The van der Waals surface area contributed by atoms with Gasteiger partial charge in [0, 0.05) is 31.7 Å². The first kappa shape index (κ1) is 21.3. The standard InChI is InChI=1S/C20H24FN3O2.ClH/c21-18-7-5-16(6-8-18)19(24-9-11-26-12-10-24)14-23-20(25)17-3-1-15(13-22)2-4-17;/h1-8,19H,9-14,22H2,(H,23,25);1H. The third-order valence-electron chi connectivity index (χ3n) is 4.65. The van der Waals surface area contributed by atoms with E-state index in [1.54, 1.807) is 24.3 Å². The van der Waals surface area contributed by atoms with Crippen LogP contribution in [0, 0.1) is 5.82 Å². The predicted octanol–water partition coefficient (Wildman–Crippen LogP) is 2.51. The molecular weight excluding hydrogens is 369 g/mol. The van der Waals surface area contributed by atoms with E-state index < -0.39 is 0 Å². The summed E-state index contributed by atoms with van der Waals surface area (Å²) in [7, 11) is 0. The summed E-state index contributed by atoms with van der Waals surface area (Å²) < 4.78 is 18.7. The van der Waals surface area contributed by atoms with Gasteiger partial charge in [-0.15, -0.1) is 12.4 Å². The van der Waals surface area contributed by atoms with Gasteiger partial charge in [0.25, 0.3) is 5.91 Å². The zero-order chi connectivity index (χ0) is 18.4. The zero-order valence-corrected chi connectivity index (χ0v) is 15.9. The quantitative estimate of drug-likeness (QED) is 0.791. The van der Waals surface area contributed by atoms with Crippen molar-refractivity contribution in [2.45, 2.75) is 12.6 Å². The van der Waals surface area contributed by atoms with Gasteiger partial charge in [0.15, 0.2) is 0 Å². The Labute approximate surface area is 165 Å². The summed E-state index contributed by atoms with van der Waals surface area (Å²) in [5.41, 5.74) is 8.15. The predicted molar refractivity (Wildman–Crippen MR) is 105 cm³/mol. The van der Waals surface area contributed by atoms with Crippen LogP contribution in [0.3, 0.4) is 0 Å². The third-order valence-corrected chi connectivity index (χ3v) is 4.65. The van der Waals surface area contributed by atoms with Crippen molar-refractivity contribution in [2.75, 3.05) is 32.8 Å². The smallest absolute Gasteiger partial charge is 0.251 e. The van der Waals surface area contributed by atoms with Crippen LogP contribution in [-0.2, 0) is 11.3 Å². The monoisotopic (exact) mass is 393 g/mol. The van der Waals surface area contributed by atoms with Crippen molar-refractivity contribution in [3.8, 4) is 0 Å². The molecule has 3 N–H and O–H groups in total. The molecular formula is C20H25ClFN3O2. The number of morpholine rings is 1. The van der Waals surface area contributed by atoms with E-state index in [0.717, 1.165) is 24.2 Å². The Morgan fingerprint density at radius 2 is 1.74 bits per heavy atom. The molecule has 0 aromatic heterocycles. The molecule has 1 aliphatic rings. The largest absolute Gasteiger partial charge is 0.379 e. The van der Waals surface area contributed by atoms with Crippen LogP contribution in [0.5, 0.6) is 0 Å². The molecule has 146 valence electrons. The maximum Gasteiger partial charge on any atom is 0.251 e. The van der Waals surface area contributed by atoms with E-state index in [4.69, 9.17) is 10.5 Å². The lowest BCUT2D eigenvalue weighted by atomic mass is 10.0. The van der Waals surface area contributed by atoms with Crippen LogP contribution >= 0.6 is 12.4 Å². The molecule has 2 aromatic carbocycles. The summed E-state index contributed by atoms with van der Waals surface area (Å²) in [6.07, 6.45) is 0. The van der Waals surface area contributed by atoms with Crippen LogP contribution < -0.4 is 11.1 Å². The number of carbonyl (C=O) groups excluding carboxylic acids is 1. The number of amides is 1. The van der Waals surface area contributed by atoms with Crippen LogP contribution in [0.15, 0.2) is 48.5 Å². The first-order valence-corrected chi connectivity index (χ1v) is 8.82. The maximum absolute atomic E-state index is 13.3. The molecule has 0 radical (unpaired) electrons. The summed E-state index contributed by atoms with van der Waals surface area (Å²) >= 11 is 0. The number of carbonyl (C=O) groups is 1. The number of nitrogens with one attached hydrogen (secondary N) is 1. The highest BCUT2D eigenvalue weighted by atomic mass is 35.5. The molecule has 3 rings (SSSR count). The lowest BCUT2D eigenvalue weighted by Gasteiger charge is -2.35. The van der Waals surface area contributed by atoms with Crippen LogP contribution in [0.2, 0.25) is 0 Å². The molecule has 0 bridgehead atoms. The molecule has 1 atom stereocenters. The summed E-state index contributed by atoms with van der Waals surface area (Å²) in [5, 5.41) is 3.00. The second-order valence-electron chi connectivity index (χ2n) is 6.33. The molecule has 1 heterocycles. The molecule has 1 unspecified atom stereocenters. The van der Waals surface area contributed by atoms with Gasteiger partial charge in [-0.2, -0.15) is 0 Å². The number of rotatable bonds is 6. The van der Waals surface area contributed by atoms with Crippen molar-refractivity contribution < 1.29 is 13.9 Å². The van der Waals surface area contributed by atoms with Crippen molar-refractivity contribution >= 4 is 18.3 Å². The summed E-state index contributed by atoms with van der Waals surface area (Å²) in [6, 6.07) is 13.7. The first-order valence-electron chi connectivity index (χ1n) is 8.82. The van der Waals surface area contributed by atoms with Gasteiger partial charge < -0.3 is 15.8 Å². The van der Waals surface area contributed by atoms with Gasteiger partial charge in [-0.05, 0) is 35.4 Å². The van der Waals surface area contributed by atoms with Crippen LogP contribution in [0.1, 0.15) is 27.5 Å². The highest BCUT2D eigenvalue weighted by Gasteiger charge is 2.23. The fourth-order valence-corrected chi connectivity index (χ4v) is 3.12. The van der Waals surface area contributed by atoms with Crippen molar-refractivity contribution in [3.05, 3.63) is 71.0 Å². The Morgan fingerprint density at radius 3 is 2.33 bits per heavy atom. The van der Waals surface area contributed by atoms with E-state index in [2.05, 4.69) is 10.2 Å². The molecule has 1 amide bonds. The average molecular weight is 394 g/mol. The topological polar surface area (TPSA) is 67.6 Å². The van der Waals surface area contributed by atoms with E-state index in [-0.39, 0.29) is 30.2 Å². The number of halogens is 2. The molecule has 27 heavy (non-hydrogen) atoms. The van der Waals surface area contributed by atoms with Gasteiger partial charge in [-0.3, -0.25) is 9.69 Å². The third kappa shape index (κ3) is 5.74. The Morgan fingerprint density at radius 1 is 1.11 bits per heavy atom. The zero-order valence-electron chi connectivity index (χ0n) is 15.1. The molecule has 0 spiro atoms. The number of nitrogens with zero attached hydrogens (tertiary/aromatic N) is 1. The number of hydrogen-bond donors (Lipinski definition) is 2. The van der Waals surface area contributed by atoms with E-state index in [1.807, 2.05) is 12.1 Å². The Balaban J connectivity index is 0.00000261. The van der Waals surface area contributed by atoms with E-state index in [9.17, 15) is 9.18 Å². The molecule has 1 fully saturated rings. The highest BCUT2D eigenvalue weighted by Crippen LogP contribution is 2.22. The molecule has 0 aliphatic carbocycles. The second-order valence-corrected chi connectivity index (χ2v) is 6.33. The van der Waals surface area contributed by atoms with E-state index >= 15 is 0 Å². The van der Waals surface area contributed by atoms with Crippen molar-refractivity contribution in [3.63, 3.8) is 0 Å². The van der Waals surface area contributed by atoms with Gasteiger partial charge in [0.1, 0.15) is 5.82 Å². The summed E-state index contributed by atoms with van der Waals surface area (Å²) in [6.45, 7) is 3.78. The number of nitrogens with two attached hydrogens (primary N) is 1. The van der Waals surface area contributed by atoms with E-state index in [1.165, 1.54) is 12.1 Å².